The highest BCUT2D eigenvalue weighted by Crippen LogP contribution is 2.39. The third kappa shape index (κ3) is 1.36. The molecule has 2 bridgehead atoms. The largest absolute Gasteiger partial charge is 0.364 e. The molecule has 0 aromatic carbocycles. The van der Waals surface area contributed by atoms with Crippen LogP contribution in [0.25, 0.3) is 0 Å². The van der Waals surface area contributed by atoms with E-state index in [1.54, 1.807) is 6.26 Å². The summed E-state index contributed by atoms with van der Waals surface area (Å²) in [5.41, 5.74) is 1.28. The highest BCUT2D eigenvalue weighted by molar-refractivity contribution is 5.14. The van der Waals surface area contributed by atoms with Crippen molar-refractivity contribution in [1.29, 1.82) is 0 Å². The summed E-state index contributed by atoms with van der Waals surface area (Å²) < 4.78 is 4.93. The molecular formula is C11H16N2O. The number of rotatable bonds is 1. The first-order chi connectivity index (χ1) is 6.93. The van der Waals surface area contributed by atoms with E-state index in [4.69, 9.17) is 4.52 Å². The molecule has 0 amide bonds. The first kappa shape index (κ1) is 8.48. The summed E-state index contributed by atoms with van der Waals surface area (Å²) in [6, 6.07) is 0.668. The molecule has 0 radical (unpaired) electrons. The quantitative estimate of drug-likeness (QED) is 0.738. The van der Waals surface area contributed by atoms with E-state index in [1.807, 2.05) is 6.20 Å². The Morgan fingerprint density at radius 1 is 1.36 bits per heavy atom. The van der Waals surface area contributed by atoms with Crippen LogP contribution >= 0.6 is 0 Å². The van der Waals surface area contributed by atoms with E-state index in [1.165, 1.54) is 37.8 Å². The standard InChI is InChI=1S/C11H16N2O/c1-2-10(9-6-13-14-7-9)11-5-8(1)3-4-12-11/h6-8,10-12H,1-5H2. The molecule has 2 aliphatic rings. The Morgan fingerprint density at radius 3 is 3.21 bits per heavy atom. The Morgan fingerprint density at radius 2 is 2.36 bits per heavy atom. The molecule has 3 unspecified atom stereocenters. The summed E-state index contributed by atoms with van der Waals surface area (Å²) in [7, 11) is 0. The minimum Gasteiger partial charge on any atom is -0.364 e. The average Bonchev–Trinajstić information content (AvgIpc) is 2.71. The van der Waals surface area contributed by atoms with Crippen LogP contribution in [0.4, 0.5) is 0 Å². The van der Waals surface area contributed by atoms with Crippen LogP contribution in [0.5, 0.6) is 0 Å². The van der Waals surface area contributed by atoms with Gasteiger partial charge in [-0.25, -0.2) is 0 Å². The summed E-state index contributed by atoms with van der Waals surface area (Å²) in [5.74, 6) is 1.61. The van der Waals surface area contributed by atoms with Gasteiger partial charge in [0.05, 0.1) is 6.20 Å². The molecule has 2 fully saturated rings. The van der Waals surface area contributed by atoms with Gasteiger partial charge in [0.1, 0.15) is 6.26 Å². The van der Waals surface area contributed by atoms with Gasteiger partial charge in [0.15, 0.2) is 0 Å². The molecule has 2 heterocycles. The van der Waals surface area contributed by atoms with Gasteiger partial charge in [-0.3, -0.25) is 0 Å². The molecule has 1 saturated carbocycles. The monoisotopic (exact) mass is 192 g/mol. The molecule has 0 spiro atoms. The van der Waals surface area contributed by atoms with Gasteiger partial charge in [0.25, 0.3) is 0 Å². The maximum absolute atomic E-state index is 4.93. The molecule has 1 N–H and O–H groups in total. The third-order valence-corrected chi connectivity index (χ3v) is 3.80. The fraction of sp³-hybridized carbons (Fsp3) is 0.727. The van der Waals surface area contributed by atoms with Crippen LogP contribution in [0.2, 0.25) is 0 Å². The average molecular weight is 192 g/mol. The van der Waals surface area contributed by atoms with Crippen molar-refractivity contribution in [3.05, 3.63) is 18.0 Å². The van der Waals surface area contributed by atoms with Gasteiger partial charge in [-0.05, 0) is 38.1 Å². The number of nitrogens with zero attached hydrogens (tertiary/aromatic N) is 1. The van der Waals surface area contributed by atoms with Gasteiger partial charge >= 0.3 is 0 Å². The molecular weight excluding hydrogens is 176 g/mol. The minimum absolute atomic E-state index is 0.637. The molecule has 1 aliphatic heterocycles. The summed E-state index contributed by atoms with van der Waals surface area (Å²) in [5, 5.41) is 7.42. The Bertz CT molecular complexity index is 296. The second-order valence-corrected chi connectivity index (χ2v) is 4.59. The number of fused-ring (bicyclic) bond motifs is 2. The second-order valence-electron chi connectivity index (χ2n) is 4.59. The molecule has 1 saturated heterocycles. The number of piperidine rings is 1. The van der Waals surface area contributed by atoms with Crippen LogP contribution in [0.1, 0.15) is 37.2 Å². The molecule has 14 heavy (non-hydrogen) atoms. The van der Waals surface area contributed by atoms with E-state index in [-0.39, 0.29) is 0 Å². The van der Waals surface area contributed by atoms with Gasteiger partial charge < -0.3 is 9.84 Å². The molecule has 3 rings (SSSR count). The smallest absolute Gasteiger partial charge is 0.127 e. The van der Waals surface area contributed by atoms with Crippen molar-refractivity contribution in [2.24, 2.45) is 5.92 Å². The number of nitrogens with one attached hydrogen (secondary N) is 1. The van der Waals surface area contributed by atoms with Crippen molar-refractivity contribution in [2.75, 3.05) is 6.54 Å². The fourth-order valence-electron chi connectivity index (χ4n) is 3.01. The van der Waals surface area contributed by atoms with Gasteiger partial charge in [-0.15, -0.1) is 0 Å². The summed E-state index contributed by atoms with van der Waals surface area (Å²) in [6.45, 7) is 1.19. The van der Waals surface area contributed by atoms with E-state index >= 15 is 0 Å². The van der Waals surface area contributed by atoms with Crippen molar-refractivity contribution in [3.63, 3.8) is 0 Å². The van der Waals surface area contributed by atoms with E-state index < -0.39 is 0 Å². The van der Waals surface area contributed by atoms with Crippen LogP contribution in [0.3, 0.4) is 0 Å². The lowest BCUT2D eigenvalue weighted by atomic mass is 9.73. The lowest BCUT2D eigenvalue weighted by Gasteiger charge is -2.40. The van der Waals surface area contributed by atoms with Crippen LogP contribution in [0.15, 0.2) is 17.0 Å². The SMILES string of the molecule is c1nocc1C1CCC2CCNC1C2. The highest BCUT2D eigenvalue weighted by atomic mass is 16.5. The first-order valence-corrected chi connectivity index (χ1v) is 5.56. The van der Waals surface area contributed by atoms with Crippen molar-refractivity contribution < 1.29 is 4.52 Å². The second kappa shape index (κ2) is 3.39. The molecule has 1 aromatic rings. The topological polar surface area (TPSA) is 38.1 Å². The number of hydrogen-bond donors (Lipinski definition) is 1. The number of hydrogen-bond acceptors (Lipinski definition) is 3. The normalized spacial score (nSPS) is 37.0. The zero-order chi connectivity index (χ0) is 9.38. The predicted molar refractivity (Wildman–Crippen MR) is 53.0 cm³/mol. The lowest BCUT2D eigenvalue weighted by Crippen LogP contribution is -2.45. The highest BCUT2D eigenvalue weighted by Gasteiger charge is 2.34. The molecule has 3 nitrogen and oxygen atoms in total. The Balaban J connectivity index is 1.80. The zero-order valence-electron chi connectivity index (χ0n) is 8.28. The summed E-state index contributed by atoms with van der Waals surface area (Å²) in [4.78, 5) is 0. The molecule has 76 valence electrons. The van der Waals surface area contributed by atoms with E-state index in [0.717, 1.165) is 5.92 Å². The van der Waals surface area contributed by atoms with Crippen LogP contribution in [-0.2, 0) is 0 Å². The van der Waals surface area contributed by atoms with Gasteiger partial charge in [-0.1, -0.05) is 5.16 Å². The fourth-order valence-corrected chi connectivity index (χ4v) is 3.01. The molecule has 3 heteroatoms. The van der Waals surface area contributed by atoms with E-state index in [0.29, 0.717) is 12.0 Å². The number of aromatic nitrogens is 1. The van der Waals surface area contributed by atoms with E-state index in [2.05, 4.69) is 10.5 Å². The Kier molecular flexibility index (Phi) is 2.05. The van der Waals surface area contributed by atoms with E-state index in [9.17, 15) is 0 Å². The van der Waals surface area contributed by atoms with Gasteiger partial charge in [0, 0.05) is 17.5 Å². The molecule has 1 aromatic heterocycles. The molecule has 3 atom stereocenters. The maximum Gasteiger partial charge on any atom is 0.127 e. The lowest BCUT2D eigenvalue weighted by molar-refractivity contribution is 0.198. The van der Waals surface area contributed by atoms with Crippen molar-refractivity contribution >= 4 is 0 Å². The van der Waals surface area contributed by atoms with Crippen molar-refractivity contribution in [3.8, 4) is 0 Å². The minimum atomic E-state index is 0.637. The Hall–Kier alpha value is -0.830. The third-order valence-electron chi connectivity index (χ3n) is 3.80. The molecule has 1 aliphatic carbocycles. The van der Waals surface area contributed by atoms with Crippen LogP contribution in [0, 0.1) is 5.92 Å². The first-order valence-electron chi connectivity index (χ1n) is 5.56. The predicted octanol–water partition coefficient (Wildman–Crippen LogP) is 1.92. The van der Waals surface area contributed by atoms with Crippen molar-refractivity contribution in [2.45, 2.75) is 37.6 Å². The van der Waals surface area contributed by atoms with Crippen molar-refractivity contribution in [1.82, 2.24) is 10.5 Å². The summed E-state index contributed by atoms with van der Waals surface area (Å²) in [6.07, 6.45) is 9.07. The summed E-state index contributed by atoms with van der Waals surface area (Å²) >= 11 is 0. The van der Waals surface area contributed by atoms with Gasteiger partial charge in [0.2, 0.25) is 0 Å². The Labute approximate surface area is 83.9 Å². The maximum atomic E-state index is 4.93. The van der Waals surface area contributed by atoms with Crippen LogP contribution in [-0.4, -0.2) is 17.7 Å². The van der Waals surface area contributed by atoms with Gasteiger partial charge in [-0.2, -0.15) is 0 Å². The zero-order valence-corrected chi connectivity index (χ0v) is 8.28. The van der Waals surface area contributed by atoms with Crippen LogP contribution < -0.4 is 5.32 Å².